The van der Waals surface area contributed by atoms with Crippen molar-refractivity contribution in [2.24, 2.45) is 7.05 Å². The molecule has 4 nitrogen and oxygen atoms in total. The van der Waals surface area contributed by atoms with Crippen LogP contribution in [0.2, 0.25) is 0 Å². The number of aromatic nitrogens is 2. The summed E-state index contributed by atoms with van der Waals surface area (Å²) >= 11 is 0. The molecule has 124 valence electrons. The van der Waals surface area contributed by atoms with Crippen LogP contribution in [0.4, 0.5) is 0 Å². The number of amides is 1. The van der Waals surface area contributed by atoms with Gasteiger partial charge in [0.05, 0.1) is 6.20 Å². The van der Waals surface area contributed by atoms with E-state index in [4.69, 9.17) is 0 Å². The molecule has 0 atom stereocenters. The zero-order valence-corrected chi connectivity index (χ0v) is 14.6. The van der Waals surface area contributed by atoms with Gasteiger partial charge >= 0.3 is 0 Å². The highest BCUT2D eigenvalue weighted by molar-refractivity contribution is 5.98. The standard InChI is InChI=1S/C20H23N3O/c1-20(2,3)18-8-7-15-9-17(6-5-16(15)10-18)19(24)21-11-14-12-22-23(4)13-14/h5-10,12-13H,11H2,1-4H3,(H,21,24). The van der Waals surface area contributed by atoms with Crippen LogP contribution in [0.1, 0.15) is 42.3 Å². The first kappa shape index (κ1) is 16.2. The van der Waals surface area contributed by atoms with Crippen LogP contribution in [-0.2, 0) is 19.0 Å². The fourth-order valence-electron chi connectivity index (χ4n) is 2.70. The van der Waals surface area contributed by atoms with Gasteiger partial charge in [-0.15, -0.1) is 0 Å². The van der Waals surface area contributed by atoms with E-state index in [-0.39, 0.29) is 11.3 Å². The molecule has 0 fully saturated rings. The van der Waals surface area contributed by atoms with Crippen LogP contribution in [0.15, 0.2) is 48.8 Å². The van der Waals surface area contributed by atoms with E-state index in [0.717, 1.165) is 16.3 Å². The minimum absolute atomic E-state index is 0.0688. The van der Waals surface area contributed by atoms with Crippen LogP contribution in [0.3, 0.4) is 0 Å². The van der Waals surface area contributed by atoms with Crippen LogP contribution < -0.4 is 5.32 Å². The molecule has 1 heterocycles. The fraction of sp³-hybridized carbons (Fsp3) is 0.300. The second-order valence-electron chi connectivity index (χ2n) is 7.23. The summed E-state index contributed by atoms with van der Waals surface area (Å²) < 4.78 is 1.73. The summed E-state index contributed by atoms with van der Waals surface area (Å²) in [5, 5.41) is 9.28. The van der Waals surface area contributed by atoms with Crippen molar-refractivity contribution < 1.29 is 4.79 Å². The topological polar surface area (TPSA) is 46.9 Å². The van der Waals surface area contributed by atoms with Gasteiger partial charge in [-0.1, -0.05) is 45.0 Å². The summed E-state index contributed by atoms with van der Waals surface area (Å²) in [7, 11) is 1.86. The first-order valence-electron chi connectivity index (χ1n) is 8.13. The minimum atomic E-state index is -0.0688. The van der Waals surface area contributed by atoms with E-state index >= 15 is 0 Å². The number of aryl methyl sites for hydroxylation is 1. The van der Waals surface area contributed by atoms with E-state index in [0.29, 0.717) is 12.1 Å². The molecule has 0 radical (unpaired) electrons. The van der Waals surface area contributed by atoms with Crippen molar-refractivity contribution in [3.05, 3.63) is 65.5 Å². The van der Waals surface area contributed by atoms with Crippen molar-refractivity contribution in [3.8, 4) is 0 Å². The number of carbonyl (C=O) groups excluding carboxylic acids is 1. The molecule has 0 saturated carbocycles. The normalized spacial score (nSPS) is 11.7. The maximum absolute atomic E-state index is 12.4. The van der Waals surface area contributed by atoms with Gasteiger partial charge in [0.2, 0.25) is 0 Å². The smallest absolute Gasteiger partial charge is 0.251 e. The molecule has 1 aromatic heterocycles. The molecule has 4 heteroatoms. The molecule has 0 unspecified atom stereocenters. The molecular weight excluding hydrogens is 298 g/mol. The van der Waals surface area contributed by atoms with Crippen LogP contribution in [0, 0.1) is 0 Å². The maximum Gasteiger partial charge on any atom is 0.251 e. The van der Waals surface area contributed by atoms with Crippen LogP contribution in [-0.4, -0.2) is 15.7 Å². The van der Waals surface area contributed by atoms with Crippen molar-refractivity contribution in [2.75, 3.05) is 0 Å². The summed E-state index contributed by atoms with van der Waals surface area (Å²) in [4.78, 5) is 12.4. The molecule has 2 aromatic carbocycles. The third kappa shape index (κ3) is 3.48. The highest BCUT2D eigenvalue weighted by Gasteiger charge is 2.14. The van der Waals surface area contributed by atoms with Gasteiger partial charge in [-0.3, -0.25) is 9.48 Å². The molecule has 0 bridgehead atoms. The predicted octanol–water partition coefficient (Wildman–Crippen LogP) is 3.80. The molecule has 3 aromatic rings. The number of fused-ring (bicyclic) bond motifs is 1. The Balaban J connectivity index is 1.78. The molecule has 0 aliphatic carbocycles. The molecule has 0 aliphatic rings. The zero-order valence-electron chi connectivity index (χ0n) is 14.6. The van der Waals surface area contributed by atoms with Gasteiger partial charge in [-0.2, -0.15) is 5.10 Å². The number of hydrogen-bond acceptors (Lipinski definition) is 2. The van der Waals surface area contributed by atoms with Crippen molar-refractivity contribution in [1.82, 2.24) is 15.1 Å². The number of hydrogen-bond donors (Lipinski definition) is 1. The predicted molar refractivity (Wildman–Crippen MR) is 97.0 cm³/mol. The number of carbonyl (C=O) groups is 1. The molecule has 3 rings (SSSR count). The Morgan fingerprint density at radius 2 is 1.83 bits per heavy atom. The third-order valence-electron chi connectivity index (χ3n) is 4.18. The lowest BCUT2D eigenvalue weighted by molar-refractivity contribution is 0.0951. The lowest BCUT2D eigenvalue weighted by atomic mass is 9.86. The summed E-state index contributed by atoms with van der Waals surface area (Å²) in [6, 6.07) is 12.3. The maximum atomic E-state index is 12.4. The lowest BCUT2D eigenvalue weighted by Crippen LogP contribution is -2.22. The van der Waals surface area contributed by atoms with Crippen molar-refractivity contribution in [2.45, 2.75) is 32.7 Å². The molecular formula is C20H23N3O. The highest BCUT2D eigenvalue weighted by Crippen LogP contribution is 2.26. The van der Waals surface area contributed by atoms with Crippen LogP contribution in [0.25, 0.3) is 10.8 Å². The monoisotopic (exact) mass is 321 g/mol. The van der Waals surface area contributed by atoms with Gasteiger partial charge in [0.15, 0.2) is 0 Å². The van der Waals surface area contributed by atoms with Gasteiger partial charge in [-0.25, -0.2) is 0 Å². The first-order chi connectivity index (χ1) is 11.3. The average molecular weight is 321 g/mol. The summed E-state index contributed by atoms with van der Waals surface area (Å²) in [5.74, 6) is -0.0688. The van der Waals surface area contributed by atoms with E-state index in [1.54, 1.807) is 10.9 Å². The summed E-state index contributed by atoms with van der Waals surface area (Å²) in [5.41, 5.74) is 3.08. The Kier molecular flexibility index (Phi) is 4.14. The SMILES string of the molecule is Cn1cc(CNC(=O)c2ccc3cc(C(C)(C)C)ccc3c2)cn1. The van der Waals surface area contributed by atoms with Gasteiger partial charge in [0.1, 0.15) is 0 Å². The number of nitrogens with one attached hydrogen (secondary N) is 1. The van der Waals surface area contributed by atoms with Gasteiger partial charge < -0.3 is 5.32 Å². The van der Waals surface area contributed by atoms with E-state index in [9.17, 15) is 4.79 Å². The highest BCUT2D eigenvalue weighted by atomic mass is 16.1. The fourth-order valence-corrected chi connectivity index (χ4v) is 2.70. The molecule has 0 spiro atoms. The van der Waals surface area contributed by atoms with E-state index in [1.165, 1.54) is 5.56 Å². The largest absolute Gasteiger partial charge is 0.348 e. The zero-order chi connectivity index (χ0) is 17.3. The van der Waals surface area contributed by atoms with Crippen molar-refractivity contribution in [3.63, 3.8) is 0 Å². The van der Waals surface area contributed by atoms with Crippen molar-refractivity contribution >= 4 is 16.7 Å². The number of benzene rings is 2. The van der Waals surface area contributed by atoms with E-state index < -0.39 is 0 Å². The van der Waals surface area contributed by atoms with Gasteiger partial charge in [0.25, 0.3) is 5.91 Å². The lowest BCUT2D eigenvalue weighted by Gasteiger charge is -2.19. The Labute approximate surface area is 142 Å². The first-order valence-corrected chi connectivity index (χ1v) is 8.13. The second kappa shape index (κ2) is 6.11. The van der Waals surface area contributed by atoms with Crippen LogP contribution in [0.5, 0.6) is 0 Å². The van der Waals surface area contributed by atoms with Gasteiger partial charge in [-0.05, 0) is 33.9 Å². The quantitative estimate of drug-likeness (QED) is 0.797. The Hall–Kier alpha value is -2.62. The minimum Gasteiger partial charge on any atom is -0.348 e. The number of nitrogens with zero attached hydrogens (tertiary/aromatic N) is 2. The Morgan fingerprint density at radius 3 is 2.50 bits per heavy atom. The second-order valence-corrected chi connectivity index (χ2v) is 7.23. The van der Waals surface area contributed by atoms with Crippen LogP contribution >= 0.6 is 0 Å². The van der Waals surface area contributed by atoms with Crippen molar-refractivity contribution in [1.29, 1.82) is 0 Å². The average Bonchev–Trinajstić information content (AvgIpc) is 2.96. The van der Waals surface area contributed by atoms with E-state index in [1.807, 2.05) is 31.4 Å². The molecule has 1 amide bonds. The molecule has 24 heavy (non-hydrogen) atoms. The number of rotatable bonds is 3. The molecule has 0 aliphatic heterocycles. The molecule has 1 N–H and O–H groups in total. The molecule has 0 saturated heterocycles. The Bertz CT molecular complexity index is 887. The summed E-state index contributed by atoms with van der Waals surface area (Å²) in [6.07, 6.45) is 3.66. The Morgan fingerprint density at radius 1 is 1.12 bits per heavy atom. The van der Waals surface area contributed by atoms with E-state index in [2.05, 4.69) is 49.4 Å². The van der Waals surface area contributed by atoms with Gasteiger partial charge in [0, 0.05) is 30.9 Å². The summed E-state index contributed by atoms with van der Waals surface area (Å²) in [6.45, 7) is 7.09. The third-order valence-corrected chi connectivity index (χ3v) is 4.18.